The van der Waals surface area contributed by atoms with Crippen LogP contribution in [0.1, 0.15) is 31.9 Å². The van der Waals surface area contributed by atoms with E-state index in [1.54, 1.807) is 0 Å². The van der Waals surface area contributed by atoms with E-state index in [1.165, 1.54) is 0 Å². The van der Waals surface area contributed by atoms with Gasteiger partial charge in [-0.15, -0.1) is 0 Å². The van der Waals surface area contributed by atoms with Crippen molar-refractivity contribution in [3.8, 4) is 0 Å². The molecule has 4 N–H and O–H groups in total. The van der Waals surface area contributed by atoms with Gasteiger partial charge in [0, 0.05) is 11.2 Å². The lowest BCUT2D eigenvalue weighted by molar-refractivity contribution is 0.255. The number of benzene rings is 1. The summed E-state index contributed by atoms with van der Waals surface area (Å²) in [7, 11) is 0. The Morgan fingerprint density at radius 1 is 1.16 bits per heavy atom. The fourth-order valence-electron chi connectivity index (χ4n) is 1.68. The van der Waals surface area contributed by atoms with Crippen LogP contribution in [0.3, 0.4) is 0 Å². The van der Waals surface area contributed by atoms with E-state index in [-0.39, 0.29) is 11.5 Å². The van der Waals surface area contributed by atoms with Crippen LogP contribution in [0.5, 0.6) is 0 Å². The van der Waals surface area contributed by atoms with Crippen molar-refractivity contribution in [3.05, 3.63) is 29.3 Å². The fraction of sp³-hybridized carbons (Fsp3) is 0.429. The van der Waals surface area contributed by atoms with Crippen molar-refractivity contribution in [2.24, 2.45) is 0 Å². The van der Waals surface area contributed by atoms with Crippen molar-refractivity contribution in [1.29, 1.82) is 5.41 Å². The van der Waals surface area contributed by atoms with Gasteiger partial charge in [0.1, 0.15) is 0 Å². The minimum Gasteiger partial charge on any atom is -0.352 e. The lowest BCUT2D eigenvalue weighted by Gasteiger charge is -2.22. The van der Waals surface area contributed by atoms with Crippen molar-refractivity contribution in [1.82, 2.24) is 10.6 Å². The van der Waals surface area contributed by atoms with Crippen LogP contribution in [0.4, 0.5) is 10.5 Å². The number of nitrogens with one attached hydrogen (secondary N) is 4. The number of hydrogen-bond acceptors (Lipinski definition) is 2. The van der Waals surface area contributed by atoms with Crippen molar-refractivity contribution < 1.29 is 4.79 Å². The monoisotopic (exact) mass is 262 g/mol. The number of hydrogen-bond donors (Lipinski definition) is 4. The molecule has 0 atom stereocenters. The van der Waals surface area contributed by atoms with Crippen molar-refractivity contribution in [2.75, 3.05) is 5.32 Å². The summed E-state index contributed by atoms with van der Waals surface area (Å²) in [5.74, 6) is -0.0174. The first-order valence-corrected chi connectivity index (χ1v) is 6.20. The largest absolute Gasteiger partial charge is 0.352 e. The number of rotatable bonds is 1. The zero-order chi connectivity index (χ0) is 14.6. The highest BCUT2D eigenvalue weighted by Crippen LogP contribution is 2.18. The highest BCUT2D eigenvalue weighted by molar-refractivity contribution is 6.02. The molecule has 0 saturated heterocycles. The lowest BCUT2D eigenvalue weighted by atomic mass is 10.1. The summed E-state index contributed by atoms with van der Waals surface area (Å²) in [5, 5.41) is 15.8. The van der Waals surface area contributed by atoms with E-state index in [2.05, 4.69) is 16.0 Å². The van der Waals surface area contributed by atoms with Gasteiger partial charge < -0.3 is 10.6 Å². The van der Waals surface area contributed by atoms with Crippen LogP contribution in [0.25, 0.3) is 0 Å². The van der Waals surface area contributed by atoms with Crippen LogP contribution < -0.4 is 16.0 Å². The fourth-order valence-corrected chi connectivity index (χ4v) is 1.68. The van der Waals surface area contributed by atoms with Crippen LogP contribution in [0.2, 0.25) is 0 Å². The normalized spacial score (nSPS) is 10.8. The van der Waals surface area contributed by atoms with E-state index < -0.39 is 6.03 Å². The number of carbonyl (C=O) groups is 1. The first kappa shape index (κ1) is 15.0. The van der Waals surface area contributed by atoms with Gasteiger partial charge in [0.25, 0.3) is 0 Å². The molecule has 5 heteroatoms. The zero-order valence-electron chi connectivity index (χ0n) is 12.1. The van der Waals surface area contributed by atoms with Gasteiger partial charge in [-0.2, -0.15) is 0 Å². The van der Waals surface area contributed by atoms with E-state index in [0.29, 0.717) is 0 Å². The van der Waals surface area contributed by atoms with Gasteiger partial charge in [0.05, 0.1) is 0 Å². The van der Waals surface area contributed by atoms with Crippen LogP contribution in [0, 0.1) is 19.3 Å². The van der Waals surface area contributed by atoms with E-state index in [0.717, 1.165) is 16.8 Å². The van der Waals surface area contributed by atoms with Crippen LogP contribution >= 0.6 is 0 Å². The molecule has 0 radical (unpaired) electrons. The Balaban J connectivity index is 2.64. The second-order valence-corrected chi connectivity index (χ2v) is 5.60. The minimum atomic E-state index is -0.417. The smallest absolute Gasteiger partial charge is 0.326 e. The predicted molar refractivity (Wildman–Crippen MR) is 78.7 cm³/mol. The van der Waals surface area contributed by atoms with Gasteiger partial charge in [-0.25, -0.2) is 4.79 Å². The van der Waals surface area contributed by atoms with Gasteiger partial charge >= 0.3 is 6.03 Å². The van der Waals surface area contributed by atoms with Gasteiger partial charge in [-0.3, -0.25) is 10.7 Å². The summed E-state index contributed by atoms with van der Waals surface area (Å²) in [6.45, 7) is 9.63. The maximum Gasteiger partial charge on any atom is 0.326 e. The first-order valence-electron chi connectivity index (χ1n) is 6.20. The maximum absolute atomic E-state index is 11.8. The maximum atomic E-state index is 11.8. The number of aryl methyl sites for hydroxylation is 2. The minimum absolute atomic E-state index is 0.0174. The number of amides is 2. The molecule has 1 aromatic carbocycles. The second kappa shape index (κ2) is 5.73. The molecule has 1 aromatic rings. The predicted octanol–water partition coefficient (Wildman–Crippen LogP) is 2.75. The number of carbonyl (C=O) groups excluding carboxylic acids is 1. The molecular formula is C14H22N4O. The molecule has 0 heterocycles. The quantitative estimate of drug-likeness (QED) is 0.464. The van der Waals surface area contributed by atoms with Crippen molar-refractivity contribution in [2.45, 2.75) is 40.2 Å². The third-order valence-electron chi connectivity index (χ3n) is 2.46. The van der Waals surface area contributed by atoms with E-state index in [1.807, 2.05) is 52.8 Å². The van der Waals surface area contributed by atoms with Crippen LogP contribution in [-0.4, -0.2) is 17.5 Å². The molecule has 0 aliphatic carbocycles. The molecule has 0 fully saturated rings. The number of para-hydroxylation sites is 1. The summed E-state index contributed by atoms with van der Waals surface area (Å²) in [6.07, 6.45) is 0. The molecule has 0 bridgehead atoms. The van der Waals surface area contributed by atoms with E-state index in [9.17, 15) is 4.79 Å². The average Bonchev–Trinajstić information content (AvgIpc) is 2.20. The summed E-state index contributed by atoms with van der Waals surface area (Å²) in [4.78, 5) is 11.8. The molecule has 104 valence electrons. The molecular weight excluding hydrogens is 240 g/mol. The molecule has 0 aliphatic heterocycles. The number of urea groups is 1. The Bertz CT molecular complexity index is 468. The van der Waals surface area contributed by atoms with Gasteiger partial charge in [0.15, 0.2) is 5.96 Å². The van der Waals surface area contributed by atoms with E-state index >= 15 is 0 Å². The first-order chi connectivity index (χ1) is 8.69. The number of guanidine groups is 1. The number of anilines is 1. The SMILES string of the molecule is Cc1cccc(C)c1NC(=O)NC(=N)NC(C)(C)C. The zero-order valence-corrected chi connectivity index (χ0v) is 12.1. The molecule has 0 unspecified atom stereocenters. The van der Waals surface area contributed by atoms with Crippen LogP contribution in [-0.2, 0) is 0 Å². The second-order valence-electron chi connectivity index (χ2n) is 5.60. The Morgan fingerprint density at radius 2 is 1.68 bits per heavy atom. The third kappa shape index (κ3) is 4.99. The molecule has 5 nitrogen and oxygen atoms in total. The Morgan fingerprint density at radius 3 is 2.16 bits per heavy atom. The summed E-state index contributed by atoms with van der Waals surface area (Å²) < 4.78 is 0. The molecule has 2 amide bonds. The summed E-state index contributed by atoms with van der Waals surface area (Å²) in [5.41, 5.74) is 2.50. The Kier molecular flexibility index (Phi) is 4.53. The van der Waals surface area contributed by atoms with Gasteiger partial charge in [-0.05, 0) is 45.7 Å². The molecule has 0 saturated carbocycles. The van der Waals surface area contributed by atoms with E-state index in [4.69, 9.17) is 5.41 Å². The third-order valence-corrected chi connectivity index (χ3v) is 2.46. The highest BCUT2D eigenvalue weighted by atomic mass is 16.2. The van der Waals surface area contributed by atoms with Crippen LogP contribution in [0.15, 0.2) is 18.2 Å². The molecule has 19 heavy (non-hydrogen) atoms. The van der Waals surface area contributed by atoms with Crippen molar-refractivity contribution in [3.63, 3.8) is 0 Å². The van der Waals surface area contributed by atoms with Gasteiger partial charge in [0.2, 0.25) is 0 Å². The Labute approximate surface area is 114 Å². The average molecular weight is 262 g/mol. The lowest BCUT2D eigenvalue weighted by Crippen LogP contribution is -2.49. The molecule has 0 aromatic heterocycles. The summed E-state index contributed by atoms with van der Waals surface area (Å²) >= 11 is 0. The summed E-state index contributed by atoms with van der Waals surface area (Å²) in [6, 6.07) is 5.39. The van der Waals surface area contributed by atoms with Crippen molar-refractivity contribution >= 4 is 17.7 Å². The Hall–Kier alpha value is -2.04. The topological polar surface area (TPSA) is 77.0 Å². The molecule has 0 aliphatic rings. The van der Waals surface area contributed by atoms with Gasteiger partial charge in [-0.1, -0.05) is 18.2 Å². The standard InChI is InChI=1S/C14H22N4O/c1-9-7-6-8-10(2)11(9)16-13(19)17-12(15)18-14(3,4)5/h6-8H,1-5H3,(H4,15,16,17,18,19). The molecule has 0 spiro atoms. The molecule has 1 rings (SSSR count). The highest BCUT2D eigenvalue weighted by Gasteiger charge is 2.13.